The Kier molecular flexibility index (Phi) is 5.54. The molecule has 1 nitrogen and oxygen atoms in total. The smallest absolute Gasteiger partial charge is 0.0499 e. The fourth-order valence-corrected chi connectivity index (χ4v) is 2.26. The van der Waals surface area contributed by atoms with Crippen LogP contribution in [0.15, 0.2) is 24.3 Å². The van der Waals surface area contributed by atoms with Crippen LogP contribution in [0.4, 0.5) is 0 Å². The van der Waals surface area contributed by atoms with E-state index in [1.54, 1.807) is 0 Å². The Labute approximate surface area is 99.5 Å². The first-order chi connectivity index (χ1) is 7.71. The van der Waals surface area contributed by atoms with Crippen LogP contribution < -0.4 is 0 Å². The molecule has 0 saturated heterocycles. The number of aliphatic hydroxyl groups excluding tert-OH is 1. The molecule has 1 atom stereocenters. The van der Waals surface area contributed by atoms with Gasteiger partial charge in [0.25, 0.3) is 0 Å². The van der Waals surface area contributed by atoms with Crippen molar-refractivity contribution in [2.45, 2.75) is 46.0 Å². The van der Waals surface area contributed by atoms with Gasteiger partial charge >= 0.3 is 0 Å². The maximum Gasteiger partial charge on any atom is 0.0499 e. The first-order valence-electron chi connectivity index (χ1n) is 6.38. The van der Waals surface area contributed by atoms with Crippen LogP contribution in [-0.2, 0) is 0 Å². The van der Waals surface area contributed by atoms with Gasteiger partial charge in [-0.05, 0) is 24.8 Å². The fourth-order valence-electron chi connectivity index (χ4n) is 2.26. The molecule has 0 aliphatic heterocycles. The van der Waals surface area contributed by atoms with Crippen molar-refractivity contribution in [3.8, 4) is 0 Å². The Hall–Kier alpha value is -0.820. The van der Waals surface area contributed by atoms with Crippen molar-refractivity contribution in [2.75, 3.05) is 6.61 Å². The summed E-state index contributed by atoms with van der Waals surface area (Å²) >= 11 is 0. The standard InChI is InChI=1S/C15H24O/c1-4-13(5-2)10-15(11-16)14-8-6-7-12(3)9-14/h6-9,13,15-16H,4-5,10-11H2,1-3H3. The summed E-state index contributed by atoms with van der Waals surface area (Å²) in [6.45, 7) is 6.84. The quantitative estimate of drug-likeness (QED) is 0.771. The highest BCUT2D eigenvalue weighted by Crippen LogP contribution is 2.27. The lowest BCUT2D eigenvalue weighted by atomic mass is 9.86. The zero-order valence-corrected chi connectivity index (χ0v) is 10.7. The summed E-state index contributed by atoms with van der Waals surface area (Å²) in [6.07, 6.45) is 3.52. The monoisotopic (exact) mass is 220 g/mol. The second-order valence-corrected chi connectivity index (χ2v) is 4.71. The number of benzene rings is 1. The van der Waals surface area contributed by atoms with E-state index < -0.39 is 0 Å². The van der Waals surface area contributed by atoms with Crippen LogP contribution >= 0.6 is 0 Å². The van der Waals surface area contributed by atoms with Gasteiger partial charge in [0.2, 0.25) is 0 Å². The molecule has 1 aromatic carbocycles. The maximum absolute atomic E-state index is 9.51. The van der Waals surface area contributed by atoms with Gasteiger partial charge in [0.1, 0.15) is 0 Å². The predicted molar refractivity (Wildman–Crippen MR) is 69.7 cm³/mol. The van der Waals surface area contributed by atoms with E-state index in [9.17, 15) is 5.11 Å². The summed E-state index contributed by atoms with van der Waals surface area (Å²) in [5.74, 6) is 1.04. The Balaban J connectivity index is 2.74. The Bertz CT molecular complexity index is 302. The first kappa shape index (κ1) is 13.2. The molecule has 0 aliphatic carbocycles. The molecule has 1 N–H and O–H groups in total. The molecule has 0 spiro atoms. The van der Waals surface area contributed by atoms with E-state index in [4.69, 9.17) is 0 Å². The molecule has 0 aromatic heterocycles. The fraction of sp³-hybridized carbons (Fsp3) is 0.600. The largest absolute Gasteiger partial charge is 0.396 e. The van der Waals surface area contributed by atoms with Gasteiger partial charge < -0.3 is 5.11 Å². The predicted octanol–water partition coefficient (Wildman–Crippen LogP) is 3.90. The highest BCUT2D eigenvalue weighted by Gasteiger charge is 2.15. The number of hydrogen-bond acceptors (Lipinski definition) is 1. The minimum absolute atomic E-state index is 0.264. The van der Waals surface area contributed by atoms with Crippen LogP contribution in [0.5, 0.6) is 0 Å². The molecule has 16 heavy (non-hydrogen) atoms. The molecule has 0 bridgehead atoms. The van der Waals surface area contributed by atoms with Crippen molar-refractivity contribution in [1.29, 1.82) is 0 Å². The zero-order valence-electron chi connectivity index (χ0n) is 10.7. The van der Waals surface area contributed by atoms with Crippen LogP contribution in [0, 0.1) is 12.8 Å². The van der Waals surface area contributed by atoms with Crippen LogP contribution in [0.3, 0.4) is 0 Å². The van der Waals surface area contributed by atoms with Crippen LogP contribution in [-0.4, -0.2) is 11.7 Å². The van der Waals surface area contributed by atoms with Crippen molar-refractivity contribution < 1.29 is 5.11 Å². The van der Waals surface area contributed by atoms with E-state index in [1.165, 1.54) is 24.0 Å². The van der Waals surface area contributed by atoms with E-state index in [0.717, 1.165) is 12.3 Å². The molecule has 0 heterocycles. The topological polar surface area (TPSA) is 20.2 Å². The molecule has 0 radical (unpaired) electrons. The highest BCUT2D eigenvalue weighted by molar-refractivity contribution is 5.25. The van der Waals surface area contributed by atoms with Gasteiger partial charge in [-0.3, -0.25) is 0 Å². The van der Waals surface area contributed by atoms with E-state index in [-0.39, 0.29) is 6.61 Å². The van der Waals surface area contributed by atoms with Crippen molar-refractivity contribution >= 4 is 0 Å². The van der Waals surface area contributed by atoms with Crippen molar-refractivity contribution in [2.24, 2.45) is 5.92 Å². The first-order valence-corrected chi connectivity index (χ1v) is 6.38. The van der Waals surface area contributed by atoms with Crippen molar-refractivity contribution in [1.82, 2.24) is 0 Å². The third kappa shape index (κ3) is 3.64. The third-order valence-corrected chi connectivity index (χ3v) is 3.51. The second-order valence-electron chi connectivity index (χ2n) is 4.71. The summed E-state index contributed by atoms with van der Waals surface area (Å²) in [5, 5.41) is 9.51. The number of hydrogen-bond donors (Lipinski definition) is 1. The number of aliphatic hydroxyl groups is 1. The number of aryl methyl sites for hydroxylation is 1. The van der Waals surface area contributed by atoms with Gasteiger partial charge in [0.15, 0.2) is 0 Å². The zero-order chi connectivity index (χ0) is 12.0. The lowest BCUT2D eigenvalue weighted by Gasteiger charge is -2.20. The summed E-state index contributed by atoms with van der Waals surface area (Å²) < 4.78 is 0. The van der Waals surface area contributed by atoms with Gasteiger partial charge in [-0.1, -0.05) is 56.5 Å². The van der Waals surface area contributed by atoms with E-state index in [1.807, 2.05) is 0 Å². The van der Waals surface area contributed by atoms with E-state index in [2.05, 4.69) is 45.0 Å². The van der Waals surface area contributed by atoms with Crippen molar-refractivity contribution in [3.05, 3.63) is 35.4 Å². The van der Waals surface area contributed by atoms with Crippen LogP contribution in [0.2, 0.25) is 0 Å². The molecule has 0 amide bonds. The van der Waals surface area contributed by atoms with Gasteiger partial charge in [-0.15, -0.1) is 0 Å². The third-order valence-electron chi connectivity index (χ3n) is 3.51. The Morgan fingerprint density at radius 2 is 1.88 bits per heavy atom. The molecule has 1 unspecified atom stereocenters. The summed E-state index contributed by atoms with van der Waals surface area (Å²) in [5.41, 5.74) is 2.56. The van der Waals surface area contributed by atoms with Gasteiger partial charge in [0.05, 0.1) is 0 Å². The summed E-state index contributed by atoms with van der Waals surface area (Å²) in [4.78, 5) is 0. The summed E-state index contributed by atoms with van der Waals surface area (Å²) in [7, 11) is 0. The minimum Gasteiger partial charge on any atom is -0.396 e. The van der Waals surface area contributed by atoms with E-state index in [0.29, 0.717) is 5.92 Å². The normalized spacial score (nSPS) is 13.1. The molecule has 0 aliphatic rings. The molecule has 90 valence electrons. The van der Waals surface area contributed by atoms with Crippen LogP contribution in [0.1, 0.15) is 50.2 Å². The van der Waals surface area contributed by atoms with Crippen molar-refractivity contribution in [3.63, 3.8) is 0 Å². The Morgan fingerprint density at radius 3 is 2.38 bits per heavy atom. The summed E-state index contributed by atoms with van der Waals surface area (Å²) in [6, 6.07) is 8.52. The molecule has 0 fully saturated rings. The lowest BCUT2D eigenvalue weighted by Crippen LogP contribution is -2.10. The SMILES string of the molecule is CCC(CC)CC(CO)c1cccc(C)c1. The van der Waals surface area contributed by atoms with E-state index >= 15 is 0 Å². The molecule has 1 rings (SSSR count). The van der Waals surface area contributed by atoms with Gasteiger partial charge in [0, 0.05) is 12.5 Å². The second kappa shape index (κ2) is 6.70. The maximum atomic E-state index is 9.51. The molecule has 1 heteroatoms. The van der Waals surface area contributed by atoms with Gasteiger partial charge in [-0.2, -0.15) is 0 Å². The highest BCUT2D eigenvalue weighted by atomic mass is 16.3. The Morgan fingerprint density at radius 1 is 1.19 bits per heavy atom. The minimum atomic E-state index is 0.264. The average molecular weight is 220 g/mol. The number of rotatable bonds is 6. The van der Waals surface area contributed by atoms with Crippen LogP contribution in [0.25, 0.3) is 0 Å². The van der Waals surface area contributed by atoms with Gasteiger partial charge in [-0.25, -0.2) is 0 Å². The molecule has 1 aromatic rings. The molecule has 0 saturated carbocycles. The molecular formula is C15H24O. The molecular weight excluding hydrogens is 196 g/mol. The lowest BCUT2D eigenvalue weighted by molar-refractivity contribution is 0.240. The average Bonchev–Trinajstić information content (AvgIpc) is 2.31.